The first-order valence-electron chi connectivity index (χ1n) is 7.45. The fraction of sp³-hybridized carbons (Fsp3) is 0.769. The molecule has 0 spiro atoms. The second kappa shape index (κ2) is 6.04. The van der Waals surface area contributed by atoms with Crippen LogP contribution >= 0.6 is 0 Å². The van der Waals surface area contributed by atoms with Gasteiger partial charge in [-0.2, -0.15) is 22.1 Å². The van der Waals surface area contributed by atoms with Crippen molar-refractivity contribution in [3.05, 3.63) is 17.5 Å². The number of aryl methyl sites for hydroxylation is 1. The SMILES string of the molecule is Cc1cn[nH]c1C1CCCCN1S(=O)(=O)N1CCOCC1. The molecular formula is C13H22N4O3S. The Kier molecular flexibility index (Phi) is 4.30. The minimum Gasteiger partial charge on any atom is -0.379 e. The van der Waals surface area contributed by atoms with E-state index in [4.69, 9.17) is 4.74 Å². The molecule has 7 nitrogen and oxygen atoms in total. The number of ether oxygens (including phenoxy) is 1. The molecule has 1 atom stereocenters. The van der Waals surface area contributed by atoms with E-state index >= 15 is 0 Å². The van der Waals surface area contributed by atoms with E-state index < -0.39 is 10.2 Å². The van der Waals surface area contributed by atoms with Crippen LogP contribution in [0.3, 0.4) is 0 Å². The molecule has 118 valence electrons. The molecule has 21 heavy (non-hydrogen) atoms. The van der Waals surface area contributed by atoms with Crippen LogP contribution < -0.4 is 0 Å². The number of nitrogens with zero attached hydrogens (tertiary/aromatic N) is 3. The van der Waals surface area contributed by atoms with E-state index in [9.17, 15) is 8.42 Å². The van der Waals surface area contributed by atoms with Gasteiger partial charge in [-0.15, -0.1) is 0 Å². The Bertz CT molecular complexity index is 580. The number of nitrogens with one attached hydrogen (secondary N) is 1. The van der Waals surface area contributed by atoms with E-state index in [-0.39, 0.29) is 6.04 Å². The lowest BCUT2D eigenvalue weighted by molar-refractivity contribution is 0.0681. The summed E-state index contributed by atoms with van der Waals surface area (Å²) in [4.78, 5) is 0. The summed E-state index contributed by atoms with van der Waals surface area (Å²) < 4.78 is 34.3. The number of aromatic nitrogens is 2. The van der Waals surface area contributed by atoms with Crippen LogP contribution in [0.4, 0.5) is 0 Å². The van der Waals surface area contributed by atoms with Gasteiger partial charge in [0.1, 0.15) is 0 Å². The van der Waals surface area contributed by atoms with E-state index in [0.717, 1.165) is 30.5 Å². The Hall–Kier alpha value is -0.960. The van der Waals surface area contributed by atoms with Crippen molar-refractivity contribution in [2.75, 3.05) is 32.8 Å². The molecule has 3 rings (SSSR count). The third-order valence-corrected chi connectivity index (χ3v) is 6.30. The van der Waals surface area contributed by atoms with Crippen molar-refractivity contribution in [1.82, 2.24) is 18.8 Å². The second-order valence-electron chi connectivity index (χ2n) is 5.61. The molecule has 0 bridgehead atoms. The molecule has 0 aromatic carbocycles. The number of piperidine rings is 1. The highest BCUT2D eigenvalue weighted by atomic mass is 32.2. The minimum atomic E-state index is -3.44. The van der Waals surface area contributed by atoms with Crippen molar-refractivity contribution in [3.8, 4) is 0 Å². The predicted octanol–water partition coefficient (Wildman–Crippen LogP) is 0.822. The van der Waals surface area contributed by atoms with Crippen molar-refractivity contribution in [2.45, 2.75) is 32.2 Å². The van der Waals surface area contributed by atoms with Crippen molar-refractivity contribution in [2.24, 2.45) is 0 Å². The number of hydrogen-bond acceptors (Lipinski definition) is 4. The predicted molar refractivity (Wildman–Crippen MR) is 77.9 cm³/mol. The van der Waals surface area contributed by atoms with E-state index in [2.05, 4.69) is 10.2 Å². The summed E-state index contributed by atoms with van der Waals surface area (Å²) in [6.07, 6.45) is 4.54. The fourth-order valence-electron chi connectivity index (χ4n) is 3.09. The van der Waals surface area contributed by atoms with Gasteiger partial charge >= 0.3 is 0 Å². The van der Waals surface area contributed by atoms with Crippen LogP contribution in [0.25, 0.3) is 0 Å². The molecule has 3 heterocycles. The quantitative estimate of drug-likeness (QED) is 0.896. The third kappa shape index (κ3) is 2.85. The molecule has 0 saturated carbocycles. The first kappa shape index (κ1) is 15.0. The Labute approximate surface area is 125 Å². The molecule has 2 aliphatic rings. The van der Waals surface area contributed by atoms with Crippen LogP contribution in [0.1, 0.15) is 36.6 Å². The highest BCUT2D eigenvalue weighted by Gasteiger charge is 2.38. The van der Waals surface area contributed by atoms with Crippen LogP contribution in [0.5, 0.6) is 0 Å². The summed E-state index contributed by atoms with van der Waals surface area (Å²) in [5, 5.41) is 7.03. The lowest BCUT2D eigenvalue weighted by atomic mass is 10.00. The van der Waals surface area contributed by atoms with Gasteiger partial charge < -0.3 is 4.74 Å². The van der Waals surface area contributed by atoms with Gasteiger partial charge in [-0.1, -0.05) is 6.42 Å². The van der Waals surface area contributed by atoms with Crippen LogP contribution in [0, 0.1) is 6.92 Å². The average Bonchev–Trinajstić information content (AvgIpc) is 2.94. The molecule has 8 heteroatoms. The van der Waals surface area contributed by atoms with Crippen molar-refractivity contribution in [3.63, 3.8) is 0 Å². The zero-order valence-corrected chi connectivity index (χ0v) is 13.1. The van der Waals surface area contributed by atoms with Gasteiger partial charge in [-0.25, -0.2) is 0 Å². The van der Waals surface area contributed by atoms with Gasteiger partial charge in [0, 0.05) is 19.6 Å². The number of morpholine rings is 1. The maximum atomic E-state index is 12.9. The van der Waals surface area contributed by atoms with Crippen molar-refractivity contribution in [1.29, 1.82) is 0 Å². The first-order chi connectivity index (χ1) is 10.1. The Morgan fingerprint density at radius 1 is 1.29 bits per heavy atom. The van der Waals surface area contributed by atoms with E-state index in [0.29, 0.717) is 32.8 Å². The molecule has 0 amide bonds. The monoisotopic (exact) mass is 314 g/mol. The number of rotatable bonds is 3. The topological polar surface area (TPSA) is 78.5 Å². The normalized spacial score (nSPS) is 26.0. The standard InChI is InChI=1S/C13H22N4O3S/c1-11-10-14-15-13(11)12-4-2-3-5-17(12)21(18,19)16-6-8-20-9-7-16/h10,12H,2-9H2,1H3,(H,14,15). The Balaban J connectivity index is 1.88. The van der Waals surface area contributed by atoms with Gasteiger partial charge in [-0.05, 0) is 25.3 Å². The molecule has 2 aliphatic heterocycles. The molecule has 1 N–H and O–H groups in total. The zero-order valence-electron chi connectivity index (χ0n) is 12.3. The summed E-state index contributed by atoms with van der Waals surface area (Å²) in [5.41, 5.74) is 1.94. The molecule has 1 aromatic rings. The summed E-state index contributed by atoms with van der Waals surface area (Å²) in [6, 6.07) is -0.130. The molecular weight excluding hydrogens is 292 g/mol. The summed E-state index contributed by atoms with van der Waals surface area (Å²) in [6.45, 7) is 4.36. The highest BCUT2D eigenvalue weighted by molar-refractivity contribution is 7.86. The highest BCUT2D eigenvalue weighted by Crippen LogP contribution is 2.34. The maximum Gasteiger partial charge on any atom is 0.282 e. The van der Waals surface area contributed by atoms with Crippen LogP contribution in [0.15, 0.2) is 6.20 Å². The minimum absolute atomic E-state index is 0.130. The molecule has 0 radical (unpaired) electrons. The van der Waals surface area contributed by atoms with Gasteiger partial charge in [0.15, 0.2) is 0 Å². The fourth-order valence-corrected chi connectivity index (χ4v) is 4.89. The van der Waals surface area contributed by atoms with Crippen LogP contribution in [-0.2, 0) is 14.9 Å². The van der Waals surface area contributed by atoms with Crippen LogP contribution in [-0.4, -0.2) is 60.1 Å². The third-order valence-electron chi connectivity index (χ3n) is 4.25. The summed E-state index contributed by atoms with van der Waals surface area (Å²) in [7, 11) is -3.44. The lowest BCUT2D eigenvalue weighted by Gasteiger charge is -2.38. The average molecular weight is 314 g/mol. The molecule has 0 aliphatic carbocycles. The first-order valence-corrected chi connectivity index (χ1v) is 8.85. The number of hydrogen-bond donors (Lipinski definition) is 1. The van der Waals surface area contributed by atoms with Crippen LogP contribution in [0.2, 0.25) is 0 Å². The summed E-state index contributed by atoms with van der Waals surface area (Å²) >= 11 is 0. The van der Waals surface area contributed by atoms with Gasteiger partial charge in [0.05, 0.1) is 31.1 Å². The van der Waals surface area contributed by atoms with Gasteiger partial charge in [-0.3, -0.25) is 5.10 Å². The molecule has 1 unspecified atom stereocenters. The van der Waals surface area contributed by atoms with E-state index in [1.165, 1.54) is 0 Å². The largest absolute Gasteiger partial charge is 0.379 e. The summed E-state index contributed by atoms with van der Waals surface area (Å²) in [5.74, 6) is 0. The second-order valence-corrected chi connectivity index (χ2v) is 7.49. The number of H-pyrrole nitrogens is 1. The maximum absolute atomic E-state index is 12.9. The lowest BCUT2D eigenvalue weighted by Crippen LogP contribution is -2.51. The zero-order chi connectivity index (χ0) is 14.9. The number of aromatic amines is 1. The molecule has 1 aromatic heterocycles. The van der Waals surface area contributed by atoms with E-state index in [1.54, 1.807) is 14.8 Å². The van der Waals surface area contributed by atoms with Crippen molar-refractivity contribution >= 4 is 10.2 Å². The molecule has 2 saturated heterocycles. The van der Waals surface area contributed by atoms with Gasteiger partial charge in [0.25, 0.3) is 10.2 Å². The van der Waals surface area contributed by atoms with E-state index in [1.807, 2.05) is 6.92 Å². The Morgan fingerprint density at radius 2 is 2.05 bits per heavy atom. The molecule has 2 fully saturated rings. The Morgan fingerprint density at radius 3 is 2.71 bits per heavy atom. The van der Waals surface area contributed by atoms with Gasteiger partial charge in [0.2, 0.25) is 0 Å². The smallest absolute Gasteiger partial charge is 0.282 e. The van der Waals surface area contributed by atoms with Crippen molar-refractivity contribution < 1.29 is 13.2 Å².